The van der Waals surface area contributed by atoms with Crippen LogP contribution < -0.4 is 4.80 Å². The van der Waals surface area contributed by atoms with E-state index in [1.54, 1.807) is 0 Å². The van der Waals surface area contributed by atoms with Crippen molar-refractivity contribution in [2.75, 3.05) is 26.3 Å². The number of halogens is 2. The number of rotatable bonds is 7. The highest BCUT2D eigenvalue weighted by molar-refractivity contribution is 7.89. The van der Waals surface area contributed by atoms with Crippen molar-refractivity contribution in [2.45, 2.75) is 44.0 Å². The topological polar surface area (TPSA) is 81.0 Å². The maximum Gasteiger partial charge on any atom is 0.279 e. The van der Waals surface area contributed by atoms with Crippen molar-refractivity contribution in [3.63, 3.8) is 0 Å². The Hall–Kier alpha value is -2.47. The van der Waals surface area contributed by atoms with Crippen LogP contribution >= 0.6 is 11.3 Å². The normalized spacial score (nSPS) is 16.0. The lowest BCUT2D eigenvalue weighted by atomic mass is 10.2. The number of nitrogens with zero attached hydrogens (tertiary/aromatic N) is 3. The number of hydrogen-bond donors (Lipinski definition) is 0. The fraction of sp³-hybridized carbons (Fsp3) is 0.417. The van der Waals surface area contributed by atoms with Gasteiger partial charge in [-0.05, 0) is 50.1 Å². The molecule has 11 heteroatoms. The molecule has 0 spiro atoms. The monoisotopic (exact) mass is 523 g/mol. The number of thiazole rings is 1. The molecule has 0 unspecified atom stereocenters. The average molecular weight is 524 g/mol. The molecule has 1 amide bonds. The molecule has 1 aliphatic rings. The van der Waals surface area contributed by atoms with Gasteiger partial charge >= 0.3 is 0 Å². The van der Waals surface area contributed by atoms with Crippen LogP contribution in [0.15, 0.2) is 46.3 Å². The molecule has 0 bridgehead atoms. The Morgan fingerprint density at radius 2 is 1.77 bits per heavy atom. The van der Waals surface area contributed by atoms with E-state index in [1.807, 2.05) is 6.92 Å². The van der Waals surface area contributed by atoms with Crippen LogP contribution in [0.5, 0.6) is 0 Å². The van der Waals surface area contributed by atoms with Gasteiger partial charge in [0.25, 0.3) is 5.91 Å². The highest BCUT2D eigenvalue weighted by atomic mass is 32.2. The lowest BCUT2D eigenvalue weighted by molar-refractivity contribution is 0.0996. The van der Waals surface area contributed by atoms with E-state index in [0.717, 1.165) is 43.1 Å². The molecule has 1 aromatic heterocycles. The summed E-state index contributed by atoms with van der Waals surface area (Å²) in [5.41, 5.74) is 0.349. The van der Waals surface area contributed by atoms with Gasteiger partial charge in [0, 0.05) is 37.9 Å². The van der Waals surface area contributed by atoms with Crippen molar-refractivity contribution in [3.8, 4) is 0 Å². The van der Waals surface area contributed by atoms with Gasteiger partial charge in [-0.25, -0.2) is 17.2 Å². The van der Waals surface area contributed by atoms with Gasteiger partial charge in [-0.3, -0.25) is 4.79 Å². The number of hydrogen-bond acceptors (Lipinski definition) is 5. The third kappa shape index (κ3) is 5.69. The number of benzene rings is 2. The molecule has 0 aliphatic carbocycles. The highest BCUT2D eigenvalue weighted by Gasteiger charge is 2.25. The molecule has 35 heavy (non-hydrogen) atoms. The van der Waals surface area contributed by atoms with Crippen molar-refractivity contribution in [1.29, 1.82) is 0 Å². The number of sulfonamides is 1. The largest absolute Gasteiger partial charge is 0.380 e. The standard InChI is InChI=1S/C24H27F2N3O4S2/c1-2-33-14-13-29-22-20(26)15-18(25)16-21(22)34-24(29)27-23(30)17-7-9-19(10-8-17)35(31,32)28-11-5-3-4-6-12-28/h7-10,15-16H,2-6,11-14H2,1H3. The third-order valence-electron chi connectivity index (χ3n) is 5.86. The number of carbonyl (C=O) groups excluding carboxylic acids is 1. The first-order valence-electron chi connectivity index (χ1n) is 11.6. The molecular formula is C24H27F2N3O4S2. The summed E-state index contributed by atoms with van der Waals surface area (Å²) in [4.78, 5) is 17.4. The summed E-state index contributed by atoms with van der Waals surface area (Å²) in [6.07, 6.45) is 3.69. The van der Waals surface area contributed by atoms with Gasteiger partial charge in [0.2, 0.25) is 10.0 Å². The summed E-state index contributed by atoms with van der Waals surface area (Å²) < 4.78 is 62.9. The summed E-state index contributed by atoms with van der Waals surface area (Å²) in [5.74, 6) is -2.07. The molecule has 0 saturated carbocycles. The van der Waals surface area contributed by atoms with Gasteiger partial charge < -0.3 is 9.30 Å². The SMILES string of the molecule is CCOCCn1c(=NC(=O)c2ccc(S(=O)(=O)N3CCCCCC3)cc2)sc2cc(F)cc(F)c21. The first-order valence-corrected chi connectivity index (χ1v) is 13.8. The molecule has 0 radical (unpaired) electrons. The minimum absolute atomic E-state index is 0.127. The van der Waals surface area contributed by atoms with Crippen LogP contribution in [0.3, 0.4) is 0 Å². The van der Waals surface area contributed by atoms with E-state index >= 15 is 0 Å². The molecule has 0 atom stereocenters. The summed E-state index contributed by atoms with van der Waals surface area (Å²) in [6.45, 7) is 3.78. The Balaban J connectivity index is 1.65. The van der Waals surface area contributed by atoms with Crippen LogP contribution in [0, 0.1) is 11.6 Å². The quantitative estimate of drug-likeness (QED) is 0.432. The summed E-state index contributed by atoms with van der Waals surface area (Å²) >= 11 is 0.999. The van der Waals surface area contributed by atoms with Gasteiger partial charge in [0.1, 0.15) is 5.82 Å². The Morgan fingerprint density at radius 3 is 2.43 bits per heavy atom. The average Bonchev–Trinajstić information content (AvgIpc) is 2.99. The van der Waals surface area contributed by atoms with E-state index in [2.05, 4.69) is 4.99 Å². The van der Waals surface area contributed by atoms with E-state index in [0.29, 0.717) is 24.4 Å². The maximum absolute atomic E-state index is 14.5. The molecule has 1 saturated heterocycles. The van der Waals surface area contributed by atoms with Crippen molar-refractivity contribution >= 4 is 37.5 Å². The van der Waals surface area contributed by atoms with Gasteiger partial charge in [-0.15, -0.1) is 0 Å². The predicted molar refractivity (Wildman–Crippen MR) is 130 cm³/mol. The Morgan fingerprint density at radius 1 is 1.09 bits per heavy atom. The molecule has 2 heterocycles. The zero-order chi connectivity index (χ0) is 25.0. The van der Waals surface area contributed by atoms with Crippen LogP contribution in [0.1, 0.15) is 43.0 Å². The summed E-state index contributed by atoms with van der Waals surface area (Å²) in [7, 11) is -3.63. The van der Waals surface area contributed by atoms with Gasteiger partial charge in [0.05, 0.1) is 21.7 Å². The first kappa shape index (κ1) is 25.6. The number of ether oxygens (including phenoxy) is 1. The lowest BCUT2D eigenvalue weighted by Crippen LogP contribution is -2.31. The number of carbonyl (C=O) groups is 1. The number of fused-ring (bicyclic) bond motifs is 1. The Labute approximate surface area is 206 Å². The highest BCUT2D eigenvalue weighted by Crippen LogP contribution is 2.23. The molecular weight excluding hydrogens is 496 g/mol. The molecule has 1 fully saturated rings. The van der Waals surface area contributed by atoms with Crippen LogP contribution in [0.25, 0.3) is 10.2 Å². The molecule has 3 aromatic rings. The van der Waals surface area contributed by atoms with Gasteiger partial charge in [-0.2, -0.15) is 9.30 Å². The van der Waals surface area contributed by atoms with Crippen molar-refractivity contribution in [3.05, 3.63) is 58.4 Å². The molecule has 1 aliphatic heterocycles. The number of amides is 1. The van der Waals surface area contributed by atoms with E-state index < -0.39 is 27.6 Å². The van der Waals surface area contributed by atoms with E-state index in [1.165, 1.54) is 39.2 Å². The molecule has 0 N–H and O–H groups in total. The fourth-order valence-electron chi connectivity index (χ4n) is 4.07. The third-order valence-corrected chi connectivity index (χ3v) is 8.80. The molecule has 4 rings (SSSR count). The minimum Gasteiger partial charge on any atom is -0.380 e. The molecule has 7 nitrogen and oxygen atoms in total. The summed E-state index contributed by atoms with van der Waals surface area (Å²) in [5, 5.41) is 0. The number of aromatic nitrogens is 1. The van der Waals surface area contributed by atoms with Crippen LogP contribution in [-0.2, 0) is 21.3 Å². The van der Waals surface area contributed by atoms with Gasteiger partial charge in [0.15, 0.2) is 10.6 Å². The first-order chi connectivity index (χ1) is 16.8. The second-order valence-electron chi connectivity index (χ2n) is 8.23. The maximum atomic E-state index is 14.5. The predicted octanol–water partition coefficient (Wildman–Crippen LogP) is 4.32. The van der Waals surface area contributed by atoms with Crippen LogP contribution in [-0.4, -0.2) is 49.5 Å². The smallest absolute Gasteiger partial charge is 0.279 e. The van der Waals surface area contributed by atoms with E-state index in [9.17, 15) is 22.0 Å². The minimum atomic E-state index is -3.63. The van der Waals surface area contributed by atoms with Crippen molar-refractivity contribution in [1.82, 2.24) is 8.87 Å². The second kappa shape index (κ2) is 11.1. The Bertz CT molecular complexity index is 1370. The van der Waals surface area contributed by atoms with Crippen LogP contribution in [0.4, 0.5) is 8.78 Å². The Kier molecular flexibility index (Phi) is 8.10. The van der Waals surface area contributed by atoms with Crippen LogP contribution in [0.2, 0.25) is 0 Å². The zero-order valence-corrected chi connectivity index (χ0v) is 21.0. The van der Waals surface area contributed by atoms with E-state index in [4.69, 9.17) is 4.74 Å². The van der Waals surface area contributed by atoms with E-state index in [-0.39, 0.29) is 33.9 Å². The van der Waals surface area contributed by atoms with Gasteiger partial charge in [-0.1, -0.05) is 24.2 Å². The second-order valence-corrected chi connectivity index (χ2v) is 11.2. The molecule has 2 aromatic carbocycles. The zero-order valence-electron chi connectivity index (χ0n) is 19.4. The van der Waals surface area contributed by atoms with Crippen molar-refractivity contribution < 1.29 is 26.7 Å². The lowest BCUT2D eigenvalue weighted by Gasteiger charge is -2.19. The fourth-order valence-corrected chi connectivity index (χ4v) is 6.68. The summed E-state index contributed by atoms with van der Waals surface area (Å²) in [6, 6.07) is 7.66. The molecule has 188 valence electrons. The van der Waals surface area contributed by atoms with Crippen molar-refractivity contribution in [2.24, 2.45) is 4.99 Å².